The number of nitrogens with one attached hydrogen (secondary N) is 1. The van der Waals surface area contributed by atoms with Gasteiger partial charge in [-0.25, -0.2) is 4.39 Å². The quantitative estimate of drug-likeness (QED) is 0.326. The Morgan fingerprint density at radius 3 is 2.59 bits per heavy atom. The van der Waals surface area contributed by atoms with E-state index in [-0.39, 0.29) is 17.2 Å². The number of anilines is 1. The SMILES string of the molecule is COc1ccc(/C=C(\C#N)C(=O)Nc2ccc(Cl)c(Cl)c2)c(OCc2ccccc2F)c1. The number of hydrogen-bond donors (Lipinski definition) is 1. The van der Waals surface area contributed by atoms with Crippen LogP contribution in [0.15, 0.2) is 66.2 Å². The molecule has 0 saturated carbocycles. The molecule has 0 aliphatic carbocycles. The van der Waals surface area contributed by atoms with Gasteiger partial charge in [-0.1, -0.05) is 41.4 Å². The Hall–Kier alpha value is -3.53. The second kappa shape index (κ2) is 10.7. The summed E-state index contributed by atoms with van der Waals surface area (Å²) in [5, 5.41) is 12.7. The average molecular weight is 471 g/mol. The molecule has 0 atom stereocenters. The molecule has 32 heavy (non-hydrogen) atoms. The van der Waals surface area contributed by atoms with Gasteiger partial charge in [-0.15, -0.1) is 0 Å². The zero-order chi connectivity index (χ0) is 23.1. The first kappa shape index (κ1) is 23.1. The first-order chi connectivity index (χ1) is 15.4. The zero-order valence-corrected chi connectivity index (χ0v) is 18.4. The van der Waals surface area contributed by atoms with Gasteiger partial charge in [0.2, 0.25) is 0 Å². The molecule has 0 bridgehead atoms. The summed E-state index contributed by atoms with van der Waals surface area (Å²) in [4.78, 5) is 12.6. The molecule has 0 fully saturated rings. The lowest BCUT2D eigenvalue weighted by molar-refractivity contribution is -0.112. The van der Waals surface area contributed by atoms with Crippen molar-refractivity contribution in [1.82, 2.24) is 0 Å². The molecular formula is C24H17Cl2FN2O3. The van der Waals surface area contributed by atoms with Gasteiger partial charge in [0.05, 0.1) is 17.2 Å². The molecule has 0 spiro atoms. The van der Waals surface area contributed by atoms with E-state index in [1.54, 1.807) is 42.5 Å². The van der Waals surface area contributed by atoms with Crippen LogP contribution in [0.3, 0.4) is 0 Å². The van der Waals surface area contributed by atoms with E-state index in [1.165, 1.54) is 31.4 Å². The van der Waals surface area contributed by atoms with Crippen molar-refractivity contribution in [3.63, 3.8) is 0 Å². The summed E-state index contributed by atoms with van der Waals surface area (Å²) >= 11 is 11.9. The van der Waals surface area contributed by atoms with Gasteiger partial charge < -0.3 is 14.8 Å². The van der Waals surface area contributed by atoms with Gasteiger partial charge in [-0.05, 0) is 42.5 Å². The Bertz CT molecular complexity index is 1220. The molecule has 162 valence electrons. The topological polar surface area (TPSA) is 71.3 Å². The number of methoxy groups -OCH3 is 1. The third-order valence-corrected chi connectivity index (χ3v) is 5.14. The zero-order valence-electron chi connectivity index (χ0n) is 16.9. The molecule has 3 aromatic carbocycles. The molecule has 3 rings (SSSR count). The van der Waals surface area contributed by atoms with Crippen LogP contribution in [-0.4, -0.2) is 13.0 Å². The van der Waals surface area contributed by atoms with Crippen LogP contribution in [-0.2, 0) is 11.4 Å². The standard InChI is InChI=1S/C24H17Cl2FN2O3/c1-31-19-8-6-15(23(12-19)32-14-16-4-2-3-5-22(16)27)10-17(13-28)24(30)29-18-7-9-20(25)21(26)11-18/h2-12H,14H2,1H3,(H,29,30)/b17-10+. The summed E-state index contributed by atoms with van der Waals surface area (Å²) in [6.07, 6.45) is 1.38. The predicted molar refractivity (Wildman–Crippen MR) is 122 cm³/mol. The average Bonchev–Trinajstić information content (AvgIpc) is 2.79. The Balaban J connectivity index is 1.87. The van der Waals surface area contributed by atoms with Crippen molar-refractivity contribution in [2.45, 2.75) is 6.61 Å². The van der Waals surface area contributed by atoms with Crippen molar-refractivity contribution >= 4 is 40.9 Å². The molecule has 1 N–H and O–H groups in total. The van der Waals surface area contributed by atoms with Crippen LogP contribution in [0, 0.1) is 17.1 Å². The Kier molecular flexibility index (Phi) is 7.72. The van der Waals surface area contributed by atoms with Gasteiger partial charge in [0.1, 0.15) is 35.6 Å². The van der Waals surface area contributed by atoms with Crippen molar-refractivity contribution in [3.05, 3.63) is 93.2 Å². The molecule has 8 heteroatoms. The van der Waals surface area contributed by atoms with Crippen LogP contribution in [0.4, 0.5) is 10.1 Å². The van der Waals surface area contributed by atoms with Crippen molar-refractivity contribution < 1.29 is 18.7 Å². The third kappa shape index (κ3) is 5.79. The maximum absolute atomic E-state index is 13.9. The maximum Gasteiger partial charge on any atom is 0.266 e. The molecule has 0 heterocycles. The van der Waals surface area contributed by atoms with Gasteiger partial charge in [-0.3, -0.25) is 4.79 Å². The molecular weight excluding hydrogens is 454 g/mol. The van der Waals surface area contributed by atoms with E-state index >= 15 is 0 Å². The van der Waals surface area contributed by atoms with E-state index in [0.717, 1.165) is 0 Å². The predicted octanol–water partition coefficient (Wildman–Crippen LogP) is 6.27. The molecule has 0 saturated heterocycles. The lowest BCUT2D eigenvalue weighted by atomic mass is 10.1. The molecule has 0 aliphatic heterocycles. The van der Waals surface area contributed by atoms with Gasteiger partial charge in [0.15, 0.2) is 0 Å². The van der Waals surface area contributed by atoms with E-state index in [2.05, 4.69) is 5.32 Å². The normalized spacial score (nSPS) is 10.9. The summed E-state index contributed by atoms with van der Waals surface area (Å²) < 4.78 is 24.9. The number of carbonyl (C=O) groups excluding carboxylic acids is 1. The maximum atomic E-state index is 13.9. The van der Waals surface area contributed by atoms with Crippen molar-refractivity contribution in [2.75, 3.05) is 12.4 Å². The molecule has 0 radical (unpaired) electrons. The fourth-order valence-electron chi connectivity index (χ4n) is 2.73. The van der Waals surface area contributed by atoms with Gasteiger partial charge in [-0.2, -0.15) is 5.26 Å². The van der Waals surface area contributed by atoms with E-state index in [0.29, 0.717) is 33.3 Å². The summed E-state index contributed by atoms with van der Waals surface area (Å²) in [7, 11) is 1.50. The number of ether oxygens (including phenoxy) is 2. The number of nitrogens with zero attached hydrogens (tertiary/aromatic N) is 1. The first-order valence-corrected chi connectivity index (χ1v) is 10.1. The smallest absolute Gasteiger partial charge is 0.266 e. The van der Waals surface area contributed by atoms with Crippen LogP contribution in [0.2, 0.25) is 10.0 Å². The Morgan fingerprint density at radius 1 is 1.12 bits per heavy atom. The van der Waals surface area contributed by atoms with E-state index in [9.17, 15) is 14.4 Å². The molecule has 0 aliphatic rings. The van der Waals surface area contributed by atoms with Crippen molar-refractivity contribution in [1.29, 1.82) is 5.26 Å². The van der Waals surface area contributed by atoms with Crippen LogP contribution in [0.5, 0.6) is 11.5 Å². The van der Waals surface area contributed by atoms with Gasteiger partial charge in [0, 0.05) is 22.9 Å². The first-order valence-electron chi connectivity index (χ1n) is 9.33. The van der Waals surface area contributed by atoms with Crippen LogP contribution in [0.1, 0.15) is 11.1 Å². The number of benzene rings is 3. The van der Waals surface area contributed by atoms with Crippen LogP contribution in [0.25, 0.3) is 6.08 Å². The minimum absolute atomic E-state index is 0.0436. The fourth-order valence-corrected chi connectivity index (χ4v) is 3.03. The molecule has 0 unspecified atom stereocenters. The number of carbonyl (C=O) groups is 1. The number of hydrogen-bond acceptors (Lipinski definition) is 4. The van der Waals surface area contributed by atoms with Gasteiger partial charge >= 0.3 is 0 Å². The second-order valence-corrected chi connectivity index (χ2v) is 7.35. The van der Waals surface area contributed by atoms with E-state index in [4.69, 9.17) is 32.7 Å². The molecule has 0 aromatic heterocycles. The molecule has 5 nitrogen and oxygen atoms in total. The summed E-state index contributed by atoms with van der Waals surface area (Å²) in [5.41, 5.74) is 1.03. The highest BCUT2D eigenvalue weighted by molar-refractivity contribution is 6.42. The van der Waals surface area contributed by atoms with Crippen LogP contribution < -0.4 is 14.8 Å². The van der Waals surface area contributed by atoms with Crippen molar-refractivity contribution in [3.8, 4) is 17.6 Å². The highest BCUT2D eigenvalue weighted by Crippen LogP contribution is 2.29. The number of nitriles is 1. The fraction of sp³-hybridized carbons (Fsp3) is 0.0833. The third-order valence-electron chi connectivity index (χ3n) is 4.40. The Morgan fingerprint density at radius 2 is 1.91 bits per heavy atom. The monoisotopic (exact) mass is 470 g/mol. The lowest BCUT2D eigenvalue weighted by Crippen LogP contribution is -2.13. The van der Waals surface area contributed by atoms with E-state index in [1.807, 2.05) is 6.07 Å². The van der Waals surface area contributed by atoms with Crippen molar-refractivity contribution in [2.24, 2.45) is 0 Å². The minimum atomic E-state index is -0.637. The second-order valence-electron chi connectivity index (χ2n) is 6.54. The summed E-state index contributed by atoms with van der Waals surface area (Å²) in [6, 6.07) is 17.6. The molecule has 3 aromatic rings. The van der Waals surface area contributed by atoms with E-state index < -0.39 is 11.7 Å². The highest BCUT2D eigenvalue weighted by Gasteiger charge is 2.13. The minimum Gasteiger partial charge on any atom is -0.497 e. The van der Waals surface area contributed by atoms with Crippen LogP contribution >= 0.6 is 23.2 Å². The van der Waals surface area contributed by atoms with Gasteiger partial charge in [0.25, 0.3) is 5.91 Å². The Labute approximate surface area is 194 Å². The number of amides is 1. The molecule has 1 amide bonds. The number of halogens is 3. The lowest BCUT2D eigenvalue weighted by Gasteiger charge is -2.12. The highest BCUT2D eigenvalue weighted by atomic mass is 35.5. The summed E-state index contributed by atoms with van der Waals surface area (Å²) in [5.74, 6) is -0.208. The largest absolute Gasteiger partial charge is 0.497 e. The summed E-state index contributed by atoms with van der Waals surface area (Å²) in [6.45, 7) is -0.0436. The number of rotatable bonds is 7.